The van der Waals surface area contributed by atoms with Gasteiger partial charge in [0, 0.05) is 5.92 Å². The average Bonchev–Trinajstić information content (AvgIpc) is 2.58. The summed E-state index contributed by atoms with van der Waals surface area (Å²) in [5.74, 6) is 0.354. The molecular weight excluding hydrogens is 290 g/mol. The van der Waals surface area contributed by atoms with Crippen LogP contribution < -0.4 is 0 Å². The maximum Gasteiger partial charge on any atom is 0.162 e. The highest BCUT2D eigenvalue weighted by atomic mass is 19.2. The zero-order valence-electron chi connectivity index (χ0n) is 14.3. The Labute approximate surface area is 139 Å². The van der Waals surface area contributed by atoms with Gasteiger partial charge in [0.2, 0.25) is 0 Å². The quantitative estimate of drug-likeness (QED) is 0.543. The summed E-state index contributed by atoms with van der Waals surface area (Å²) in [5, 5.41) is 0. The van der Waals surface area contributed by atoms with Gasteiger partial charge in [0.1, 0.15) is 0 Å². The minimum Gasteiger partial charge on any atom is -0.203 e. The molecule has 2 aliphatic carbocycles. The third kappa shape index (κ3) is 3.51. The van der Waals surface area contributed by atoms with Gasteiger partial charge in [0.25, 0.3) is 0 Å². The molecule has 0 heterocycles. The first-order valence-electron chi connectivity index (χ1n) is 9.26. The van der Waals surface area contributed by atoms with Crippen molar-refractivity contribution in [2.45, 2.75) is 70.6 Å². The molecule has 0 saturated heterocycles. The molecule has 0 N–H and O–H groups in total. The van der Waals surface area contributed by atoms with Crippen LogP contribution in [0.5, 0.6) is 0 Å². The lowest BCUT2D eigenvalue weighted by Gasteiger charge is -2.29. The average molecular weight is 318 g/mol. The van der Waals surface area contributed by atoms with Gasteiger partial charge in [-0.05, 0) is 67.4 Å². The highest BCUT2D eigenvalue weighted by Gasteiger charge is 2.27. The molecule has 0 bridgehead atoms. The van der Waals surface area contributed by atoms with Crippen molar-refractivity contribution in [2.24, 2.45) is 11.8 Å². The highest BCUT2D eigenvalue weighted by Crippen LogP contribution is 2.40. The second kappa shape index (κ2) is 7.15. The molecule has 1 fully saturated rings. The van der Waals surface area contributed by atoms with E-state index in [-0.39, 0.29) is 11.8 Å². The molecule has 1 saturated carbocycles. The molecule has 126 valence electrons. The second-order valence-electron chi connectivity index (χ2n) is 7.54. The van der Waals surface area contributed by atoms with Crippen molar-refractivity contribution in [3.05, 3.63) is 47.0 Å². The van der Waals surface area contributed by atoms with Gasteiger partial charge in [-0.1, -0.05) is 44.6 Å². The van der Waals surface area contributed by atoms with Gasteiger partial charge in [-0.3, -0.25) is 0 Å². The number of benzene rings is 1. The summed E-state index contributed by atoms with van der Waals surface area (Å²) < 4.78 is 29.3. The third-order valence-electron chi connectivity index (χ3n) is 6.01. The van der Waals surface area contributed by atoms with Gasteiger partial charge in [-0.2, -0.15) is 0 Å². The minimum absolute atomic E-state index is 0.0329. The van der Waals surface area contributed by atoms with E-state index in [0.717, 1.165) is 44.4 Å². The monoisotopic (exact) mass is 318 g/mol. The minimum atomic E-state index is -0.607. The van der Waals surface area contributed by atoms with Crippen molar-refractivity contribution in [1.29, 1.82) is 0 Å². The van der Waals surface area contributed by atoms with Crippen LogP contribution in [-0.4, -0.2) is 0 Å². The Morgan fingerprint density at radius 2 is 1.52 bits per heavy atom. The summed E-state index contributed by atoms with van der Waals surface area (Å²) in [4.78, 5) is 0. The van der Waals surface area contributed by atoms with Crippen molar-refractivity contribution < 1.29 is 8.78 Å². The Morgan fingerprint density at radius 1 is 0.870 bits per heavy atom. The lowest BCUT2D eigenvalue weighted by Crippen LogP contribution is -2.15. The molecule has 0 aliphatic heterocycles. The first-order chi connectivity index (χ1) is 11.1. The highest BCUT2D eigenvalue weighted by molar-refractivity contribution is 5.34. The van der Waals surface area contributed by atoms with E-state index in [2.05, 4.69) is 26.0 Å². The van der Waals surface area contributed by atoms with Crippen LogP contribution in [0.25, 0.3) is 0 Å². The van der Waals surface area contributed by atoms with Crippen molar-refractivity contribution >= 4 is 0 Å². The molecule has 3 rings (SSSR count). The lowest BCUT2D eigenvalue weighted by molar-refractivity contribution is 0.312. The SMILES string of the molecule is CCC1CCC(c2ccc(C3C=CC(C)CC3)c(F)c2F)CC1. The molecule has 2 heteroatoms. The van der Waals surface area contributed by atoms with Crippen LogP contribution >= 0.6 is 0 Å². The molecule has 1 aromatic carbocycles. The van der Waals surface area contributed by atoms with Gasteiger partial charge in [-0.25, -0.2) is 8.78 Å². The van der Waals surface area contributed by atoms with Crippen LogP contribution in [0.3, 0.4) is 0 Å². The predicted octanol–water partition coefficient (Wildman–Crippen LogP) is 6.72. The summed E-state index contributed by atoms with van der Waals surface area (Å²) in [6.45, 7) is 4.39. The zero-order valence-corrected chi connectivity index (χ0v) is 14.3. The molecule has 23 heavy (non-hydrogen) atoms. The van der Waals surface area contributed by atoms with E-state index in [1.807, 2.05) is 12.1 Å². The molecule has 0 nitrogen and oxygen atoms in total. The summed E-state index contributed by atoms with van der Waals surface area (Å²) in [7, 11) is 0. The van der Waals surface area contributed by atoms with Gasteiger partial charge in [0.05, 0.1) is 0 Å². The van der Waals surface area contributed by atoms with Gasteiger partial charge < -0.3 is 0 Å². The van der Waals surface area contributed by atoms with E-state index in [4.69, 9.17) is 0 Å². The Morgan fingerprint density at radius 3 is 2.13 bits per heavy atom. The normalized spacial score (nSPS) is 31.3. The van der Waals surface area contributed by atoms with E-state index >= 15 is 0 Å². The van der Waals surface area contributed by atoms with E-state index < -0.39 is 11.6 Å². The molecule has 0 spiro atoms. The van der Waals surface area contributed by atoms with Crippen molar-refractivity contribution in [1.82, 2.24) is 0 Å². The van der Waals surface area contributed by atoms with E-state index in [0.29, 0.717) is 17.0 Å². The van der Waals surface area contributed by atoms with Crippen molar-refractivity contribution in [2.75, 3.05) is 0 Å². The maximum atomic E-state index is 14.7. The van der Waals surface area contributed by atoms with Crippen LogP contribution in [-0.2, 0) is 0 Å². The van der Waals surface area contributed by atoms with Crippen LogP contribution in [0.2, 0.25) is 0 Å². The summed E-state index contributed by atoms with van der Waals surface area (Å²) in [5.41, 5.74) is 1.14. The van der Waals surface area contributed by atoms with Gasteiger partial charge >= 0.3 is 0 Å². The van der Waals surface area contributed by atoms with Crippen LogP contribution in [0.4, 0.5) is 8.78 Å². The Bertz CT molecular complexity index is 567. The zero-order chi connectivity index (χ0) is 16.4. The maximum absolute atomic E-state index is 14.7. The smallest absolute Gasteiger partial charge is 0.162 e. The molecule has 0 aromatic heterocycles. The van der Waals surface area contributed by atoms with Crippen LogP contribution in [0, 0.1) is 23.5 Å². The Hall–Kier alpha value is -1.18. The first kappa shape index (κ1) is 16.7. The molecule has 2 atom stereocenters. The van der Waals surface area contributed by atoms with Crippen LogP contribution in [0.1, 0.15) is 81.8 Å². The fraction of sp³-hybridized carbons (Fsp3) is 0.619. The van der Waals surface area contributed by atoms with Crippen molar-refractivity contribution in [3.63, 3.8) is 0 Å². The van der Waals surface area contributed by atoms with Crippen LogP contribution in [0.15, 0.2) is 24.3 Å². The molecular formula is C21H28F2. The molecule has 2 aliphatic rings. The number of hydrogen-bond acceptors (Lipinski definition) is 0. The second-order valence-corrected chi connectivity index (χ2v) is 7.54. The third-order valence-corrected chi connectivity index (χ3v) is 6.01. The fourth-order valence-corrected chi connectivity index (χ4v) is 4.28. The number of halogens is 2. The standard InChI is InChI=1S/C21H28F2/c1-3-15-6-10-17(11-7-15)19-13-12-18(20(22)21(19)23)16-8-4-14(2)5-9-16/h4,8,12-17H,3,5-7,9-11H2,1-2H3. The largest absolute Gasteiger partial charge is 0.203 e. The molecule has 0 amide bonds. The summed E-state index contributed by atoms with van der Waals surface area (Å²) in [6, 6.07) is 3.70. The summed E-state index contributed by atoms with van der Waals surface area (Å²) in [6.07, 6.45) is 11.6. The van der Waals surface area contributed by atoms with E-state index in [1.165, 1.54) is 6.42 Å². The summed E-state index contributed by atoms with van der Waals surface area (Å²) >= 11 is 0. The lowest BCUT2D eigenvalue weighted by atomic mass is 9.77. The van der Waals surface area contributed by atoms with E-state index in [9.17, 15) is 8.78 Å². The van der Waals surface area contributed by atoms with Gasteiger partial charge in [-0.15, -0.1) is 0 Å². The Balaban J connectivity index is 1.80. The fourth-order valence-electron chi connectivity index (χ4n) is 4.28. The Kier molecular flexibility index (Phi) is 5.18. The topological polar surface area (TPSA) is 0 Å². The predicted molar refractivity (Wildman–Crippen MR) is 91.6 cm³/mol. The van der Waals surface area contributed by atoms with Gasteiger partial charge in [0.15, 0.2) is 11.6 Å². The van der Waals surface area contributed by atoms with E-state index in [1.54, 1.807) is 0 Å². The molecule has 2 unspecified atom stereocenters. The molecule has 1 aromatic rings. The van der Waals surface area contributed by atoms with Crippen molar-refractivity contribution in [3.8, 4) is 0 Å². The number of hydrogen-bond donors (Lipinski definition) is 0. The molecule has 0 radical (unpaired) electrons. The first-order valence-corrected chi connectivity index (χ1v) is 9.26. The number of allylic oxidation sites excluding steroid dienone is 2. The number of rotatable bonds is 3.